The van der Waals surface area contributed by atoms with Crippen molar-refractivity contribution < 1.29 is 14.6 Å². The average Bonchev–Trinajstić information content (AvgIpc) is 2.29. The van der Waals surface area contributed by atoms with Gasteiger partial charge in [-0.15, -0.1) is 0 Å². The molecule has 1 amide bonds. The molecule has 0 saturated carbocycles. The number of aryl methyl sites for hydroxylation is 1. The van der Waals surface area contributed by atoms with Crippen LogP contribution in [0.15, 0.2) is 18.2 Å². The topological polar surface area (TPSA) is 49.8 Å². The minimum atomic E-state index is -0.0282. The molecule has 1 aromatic carbocycles. The van der Waals surface area contributed by atoms with Crippen molar-refractivity contribution in [3.63, 3.8) is 0 Å². The zero-order valence-corrected chi connectivity index (χ0v) is 11.4. The molecule has 0 aromatic heterocycles. The molecule has 0 saturated heterocycles. The predicted molar refractivity (Wildman–Crippen MR) is 70.9 cm³/mol. The Hall–Kier alpha value is -1.55. The van der Waals surface area contributed by atoms with Gasteiger partial charge in [0, 0.05) is 19.2 Å². The Morgan fingerprint density at radius 3 is 2.67 bits per heavy atom. The minimum Gasteiger partial charge on any atom is -0.508 e. The quantitative estimate of drug-likeness (QED) is 0.872. The normalized spacial score (nSPS) is 12.2. The number of ether oxygens (including phenoxy) is 1. The van der Waals surface area contributed by atoms with Crippen molar-refractivity contribution in [3.05, 3.63) is 29.3 Å². The summed E-state index contributed by atoms with van der Waals surface area (Å²) in [5, 5.41) is 9.36. The number of benzene rings is 1. The number of hydrogen-bond acceptors (Lipinski definition) is 3. The van der Waals surface area contributed by atoms with Gasteiger partial charge < -0.3 is 14.7 Å². The Kier molecular flexibility index (Phi) is 5.16. The van der Waals surface area contributed by atoms with Crippen LogP contribution in [0.3, 0.4) is 0 Å². The largest absolute Gasteiger partial charge is 0.508 e. The maximum atomic E-state index is 12.4. The van der Waals surface area contributed by atoms with Crippen LogP contribution >= 0.6 is 0 Å². The van der Waals surface area contributed by atoms with Gasteiger partial charge in [0.05, 0.1) is 12.6 Å². The summed E-state index contributed by atoms with van der Waals surface area (Å²) in [6, 6.07) is 4.83. The molecular weight excluding hydrogens is 230 g/mol. The van der Waals surface area contributed by atoms with Crippen LogP contribution in [0.4, 0.5) is 0 Å². The van der Waals surface area contributed by atoms with Crippen molar-refractivity contribution in [2.45, 2.75) is 26.8 Å². The number of nitrogens with zero attached hydrogens (tertiary/aromatic N) is 1. The summed E-state index contributed by atoms with van der Waals surface area (Å²) in [5.41, 5.74) is 1.40. The van der Waals surface area contributed by atoms with Gasteiger partial charge in [-0.05, 0) is 44.5 Å². The van der Waals surface area contributed by atoms with E-state index in [1.165, 1.54) is 6.07 Å². The third kappa shape index (κ3) is 3.23. The summed E-state index contributed by atoms with van der Waals surface area (Å²) in [7, 11) is 1.63. The van der Waals surface area contributed by atoms with E-state index in [1.54, 1.807) is 24.1 Å². The lowest BCUT2D eigenvalue weighted by atomic mass is 10.1. The number of phenolic OH excluding ortho intramolecular Hbond substituents is 1. The highest BCUT2D eigenvalue weighted by Gasteiger charge is 2.21. The second-order valence-electron chi connectivity index (χ2n) is 4.39. The van der Waals surface area contributed by atoms with Crippen LogP contribution < -0.4 is 0 Å². The molecule has 1 N–H and O–H groups in total. The maximum Gasteiger partial charge on any atom is 0.254 e. The van der Waals surface area contributed by atoms with Gasteiger partial charge in [0.25, 0.3) is 5.91 Å². The molecule has 18 heavy (non-hydrogen) atoms. The fraction of sp³-hybridized carbons (Fsp3) is 0.500. The van der Waals surface area contributed by atoms with Crippen molar-refractivity contribution in [1.82, 2.24) is 4.90 Å². The third-order valence-corrected chi connectivity index (χ3v) is 2.98. The smallest absolute Gasteiger partial charge is 0.254 e. The Labute approximate surface area is 108 Å². The van der Waals surface area contributed by atoms with E-state index in [-0.39, 0.29) is 17.7 Å². The van der Waals surface area contributed by atoms with E-state index in [0.717, 1.165) is 5.56 Å². The Bertz CT molecular complexity index is 418. The van der Waals surface area contributed by atoms with Crippen LogP contribution in [0.25, 0.3) is 0 Å². The van der Waals surface area contributed by atoms with E-state index in [1.807, 2.05) is 20.8 Å². The number of rotatable bonds is 5. The summed E-state index contributed by atoms with van der Waals surface area (Å²) in [6.07, 6.45) is 0. The molecule has 0 aliphatic heterocycles. The molecule has 4 nitrogen and oxygen atoms in total. The van der Waals surface area contributed by atoms with Gasteiger partial charge in [-0.2, -0.15) is 0 Å². The molecule has 0 heterocycles. The molecule has 0 aliphatic carbocycles. The molecule has 0 aliphatic rings. The minimum absolute atomic E-state index is 0.0282. The first-order valence-corrected chi connectivity index (χ1v) is 6.10. The Morgan fingerprint density at radius 2 is 2.17 bits per heavy atom. The van der Waals surface area contributed by atoms with Gasteiger partial charge in [0.2, 0.25) is 0 Å². The van der Waals surface area contributed by atoms with Gasteiger partial charge in [-0.1, -0.05) is 0 Å². The Balaban J connectivity index is 2.96. The monoisotopic (exact) mass is 251 g/mol. The summed E-state index contributed by atoms with van der Waals surface area (Å²) >= 11 is 0. The SMILES string of the molecule is CCN(C(=O)c1ccc(O)cc1C)C(C)COC. The Morgan fingerprint density at radius 1 is 1.50 bits per heavy atom. The van der Waals surface area contributed by atoms with Crippen molar-refractivity contribution in [2.75, 3.05) is 20.3 Å². The summed E-state index contributed by atoms with van der Waals surface area (Å²) < 4.78 is 5.09. The number of carbonyl (C=O) groups excluding carboxylic acids is 1. The number of amides is 1. The van der Waals surface area contributed by atoms with Crippen LogP contribution in [0, 0.1) is 6.92 Å². The number of hydrogen-bond donors (Lipinski definition) is 1. The molecule has 0 fully saturated rings. The van der Waals surface area contributed by atoms with Gasteiger partial charge in [0.1, 0.15) is 5.75 Å². The second-order valence-corrected chi connectivity index (χ2v) is 4.39. The zero-order valence-electron chi connectivity index (χ0n) is 11.4. The number of aromatic hydroxyl groups is 1. The molecule has 100 valence electrons. The lowest BCUT2D eigenvalue weighted by molar-refractivity contribution is 0.0578. The van der Waals surface area contributed by atoms with Crippen LogP contribution in [0.2, 0.25) is 0 Å². The van der Waals surface area contributed by atoms with Gasteiger partial charge in [0.15, 0.2) is 0 Å². The average molecular weight is 251 g/mol. The summed E-state index contributed by atoms with van der Waals surface area (Å²) in [4.78, 5) is 14.2. The molecular formula is C14H21NO3. The van der Waals surface area contributed by atoms with E-state index in [4.69, 9.17) is 4.74 Å². The lowest BCUT2D eigenvalue weighted by Crippen LogP contribution is -2.41. The number of likely N-dealkylation sites (N-methyl/N-ethyl adjacent to an activating group) is 1. The summed E-state index contributed by atoms with van der Waals surface area (Å²) in [6.45, 7) is 6.86. The van der Waals surface area contributed by atoms with Gasteiger partial charge in [-0.25, -0.2) is 0 Å². The number of carbonyl (C=O) groups is 1. The molecule has 1 aromatic rings. The van der Waals surface area contributed by atoms with Crippen molar-refractivity contribution >= 4 is 5.91 Å². The standard InChI is InChI=1S/C14H21NO3/c1-5-15(11(3)9-18-4)14(17)13-7-6-12(16)8-10(13)2/h6-8,11,16H,5,9H2,1-4H3. The molecule has 1 rings (SSSR count). The predicted octanol–water partition coefficient (Wildman–Crippen LogP) is 2.20. The van der Waals surface area contributed by atoms with E-state index in [2.05, 4.69) is 0 Å². The number of methoxy groups -OCH3 is 1. The lowest BCUT2D eigenvalue weighted by Gasteiger charge is -2.28. The fourth-order valence-corrected chi connectivity index (χ4v) is 2.03. The molecule has 4 heteroatoms. The second kappa shape index (κ2) is 6.40. The first-order valence-electron chi connectivity index (χ1n) is 6.10. The third-order valence-electron chi connectivity index (χ3n) is 2.98. The van der Waals surface area contributed by atoms with Crippen LogP contribution in [0.1, 0.15) is 29.8 Å². The first kappa shape index (κ1) is 14.5. The number of phenols is 1. The van der Waals surface area contributed by atoms with E-state index >= 15 is 0 Å². The molecule has 1 atom stereocenters. The molecule has 0 bridgehead atoms. The maximum absolute atomic E-state index is 12.4. The van der Waals surface area contributed by atoms with Gasteiger partial charge >= 0.3 is 0 Å². The summed E-state index contributed by atoms with van der Waals surface area (Å²) in [5.74, 6) is 0.150. The van der Waals surface area contributed by atoms with E-state index in [9.17, 15) is 9.90 Å². The molecule has 1 unspecified atom stereocenters. The fourth-order valence-electron chi connectivity index (χ4n) is 2.03. The molecule has 0 radical (unpaired) electrons. The highest BCUT2D eigenvalue weighted by molar-refractivity contribution is 5.96. The van der Waals surface area contributed by atoms with Crippen LogP contribution in [0.5, 0.6) is 5.75 Å². The zero-order chi connectivity index (χ0) is 13.7. The van der Waals surface area contributed by atoms with Gasteiger partial charge in [-0.3, -0.25) is 4.79 Å². The van der Waals surface area contributed by atoms with Crippen molar-refractivity contribution in [3.8, 4) is 5.75 Å². The van der Waals surface area contributed by atoms with Crippen molar-refractivity contribution in [1.29, 1.82) is 0 Å². The highest BCUT2D eigenvalue weighted by atomic mass is 16.5. The highest BCUT2D eigenvalue weighted by Crippen LogP contribution is 2.18. The molecule has 0 spiro atoms. The van der Waals surface area contributed by atoms with Crippen LogP contribution in [-0.4, -0.2) is 42.2 Å². The van der Waals surface area contributed by atoms with E-state index < -0.39 is 0 Å². The first-order chi connectivity index (χ1) is 8.51. The van der Waals surface area contributed by atoms with E-state index in [0.29, 0.717) is 18.7 Å². The van der Waals surface area contributed by atoms with Crippen LogP contribution in [-0.2, 0) is 4.74 Å². The van der Waals surface area contributed by atoms with Crippen molar-refractivity contribution in [2.24, 2.45) is 0 Å².